The van der Waals surface area contributed by atoms with Gasteiger partial charge in [0.15, 0.2) is 0 Å². The van der Waals surface area contributed by atoms with Gasteiger partial charge in [0.2, 0.25) is 5.91 Å². The summed E-state index contributed by atoms with van der Waals surface area (Å²) >= 11 is 0. The highest BCUT2D eigenvalue weighted by molar-refractivity contribution is 5.83. The molecule has 8 heteroatoms. The van der Waals surface area contributed by atoms with Crippen LogP contribution in [0, 0.1) is 0 Å². The summed E-state index contributed by atoms with van der Waals surface area (Å²) in [6, 6.07) is 0.690. The van der Waals surface area contributed by atoms with Crippen molar-refractivity contribution >= 4 is 11.9 Å². The highest BCUT2D eigenvalue weighted by atomic mass is 16.4. The number of carbonyl (C=O) groups is 2. The molecule has 0 fully saturated rings. The van der Waals surface area contributed by atoms with E-state index in [-0.39, 0.29) is 13.0 Å². The number of nitrogens with zero attached hydrogens (tertiary/aromatic N) is 3. The number of amides is 1. The molecule has 2 aromatic heterocycles. The predicted molar refractivity (Wildman–Crippen MR) is 64.1 cm³/mol. The lowest BCUT2D eigenvalue weighted by molar-refractivity contribution is -0.141. The molecule has 3 N–H and O–H groups in total. The number of aromatic amines is 1. The summed E-state index contributed by atoms with van der Waals surface area (Å²) in [5, 5.41) is 15.4. The van der Waals surface area contributed by atoms with Crippen molar-refractivity contribution in [3.8, 4) is 0 Å². The maximum absolute atomic E-state index is 11.7. The molecule has 0 aliphatic carbocycles. The zero-order chi connectivity index (χ0) is 13.7. The molecule has 1 amide bonds. The summed E-state index contributed by atoms with van der Waals surface area (Å²) in [6.07, 6.45) is 6.31. The largest absolute Gasteiger partial charge is 0.480 e. The lowest BCUT2D eigenvalue weighted by atomic mass is 10.1. The van der Waals surface area contributed by atoms with Gasteiger partial charge in [0.1, 0.15) is 12.6 Å². The number of carboxylic acid groups (broad SMARTS) is 1. The number of imidazole rings is 1. The lowest BCUT2D eigenvalue weighted by Gasteiger charge is -2.13. The molecule has 0 aromatic carbocycles. The van der Waals surface area contributed by atoms with Crippen LogP contribution in [0.5, 0.6) is 0 Å². The van der Waals surface area contributed by atoms with Crippen molar-refractivity contribution in [1.82, 2.24) is 25.1 Å². The summed E-state index contributed by atoms with van der Waals surface area (Å²) in [4.78, 5) is 29.4. The van der Waals surface area contributed by atoms with Crippen molar-refractivity contribution in [1.29, 1.82) is 0 Å². The van der Waals surface area contributed by atoms with Crippen molar-refractivity contribution in [2.75, 3.05) is 0 Å². The van der Waals surface area contributed by atoms with E-state index in [1.807, 2.05) is 0 Å². The first-order valence-electron chi connectivity index (χ1n) is 5.62. The summed E-state index contributed by atoms with van der Waals surface area (Å²) < 4.78 is 1.42. The number of aromatic nitrogens is 4. The van der Waals surface area contributed by atoms with Crippen molar-refractivity contribution in [2.24, 2.45) is 0 Å². The molecule has 2 aromatic rings. The van der Waals surface area contributed by atoms with Crippen LogP contribution in [0.3, 0.4) is 0 Å². The first kappa shape index (κ1) is 12.8. The monoisotopic (exact) mass is 263 g/mol. The molecule has 0 unspecified atom stereocenters. The van der Waals surface area contributed by atoms with Crippen LogP contribution in [-0.4, -0.2) is 42.8 Å². The standard InChI is InChI=1S/C11H13N5O3/c17-10(6-16-3-1-2-14-16)15-9(11(18)19)4-8-5-12-7-13-8/h1-3,5,7,9H,4,6H2,(H,12,13)(H,15,17)(H,18,19)/t9-/m1/s1. The van der Waals surface area contributed by atoms with Gasteiger partial charge >= 0.3 is 5.97 Å². The van der Waals surface area contributed by atoms with Crippen molar-refractivity contribution in [3.63, 3.8) is 0 Å². The molecule has 0 spiro atoms. The number of carboxylic acids is 1. The van der Waals surface area contributed by atoms with E-state index in [0.717, 1.165) is 0 Å². The molecule has 0 saturated carbocycles. The third-order valence-corrected chi connectivity index (χ3v) is 2.48. The smallest absolute Gasteiger partial charge is 0.326 e. The third-order valence-electron chi connectivity index (χ3n) is 2.48. The van der Waals surface area contributed by atoms with Gasteiger partial charge in [-0.2, -0.15) is 5.10 Å². The Kier molecular flexibility index (Phi) is 3.91. The van der Waals surface area contributed by atoms with Gasteiger partial charge in [-0.05, 0) is 6.07 Å². The molecule has 2 rings (SSSR count). The van der Waals surface area contributed by atoms with Crippen molar-refractivity contribution in [3.05, 3.63) is 36.7 Å². The summed E-state index contributed by atoms with van der Waals surface area (Å²) in [7, 11) is 0. The van der Waals surface area contributed by atoms with Gasteiger partial charge in [-0.25, -0.2) is 9.78 Å². The van der Waals surface area contributed by atoms with Gasteiger partial charge in [-0.15, -0.1) is 0 Å². The minimum Gasteiger partial charge on any atom is -0.480 e. The molecular formula is C11H13N5O3. The van der Waals surface area contributed by atoms with Gasteiger partial charge < -0.3 is 15.4 Å². The summed E-state index contributed by atoms with van der Waals surface area (Å²) in [5.41, 5.74) is 0.645. The van der Waals surface area contributed by atoms with Gasteiger partial charge in [-0.3, -0.25) is 9.48 Å². The fourth-order valence-corrected chi connectivity index (χ4v) is 1.60. The Morgan fingerprint density at radius 1 is 1.53 bits per heavy atom. The fraction of sp³-hybridized carbons (Fsp3) is 0.273. The molecule has 0 bridgehead atoms. The van der Waals surface area contributed by atoms with Gasteiger partial charge in [-0.1, -0.05) is 0 Å². The van der Waals surface area contributed by atoms with Crippen LogP contribution in [0.2, 0.25) is 0 Å². The van der Waals surface area contributed by atoms with E-state index < -0.39 is 17.9 Å². The second-order valence-electron chi connectivity index (χ2n) is 3.94. The number of hydrogen-bond donors (Lipinski definition) is 3. The van der Waals surface area contributed by atoms with Crippen LogP contribution in [0.15, 0.2) is 31.0 Å². The van der Waals surface area contributed by atoms with Crippen molar-refractivity contribution < 1.29 is 14.7 Å². The number of H-pyrrole nitrogens is 1. The second-order valence-corrected chi connectivity index (χ2v) is 3.94. The minimum absolute atomic E-state index is 0.0141. The molecule has 0 aliphatic rings. The molecule has 0 saturated heterocycles. The lowest BCUT2D eigenvalue weighted by Crippen LogP contribution is -2.43. The van der Waals surface area contributed by atoms with E-state index in [9.17, 15) is 9.59 Å². The highest BCUT2D eigenvalue weighted by Gasteiger charge is 2.21. The van der Waals surface area contributed by atoms with Gasteiger partial charge in [0.25, 0.3) is 0 Å². The van der Waals surface area contributed by atoms with Gasteiger partial charge in [0.05, 0.1) is 6.33 Å². The van der Waals surface area contributed by atoms with E-state index >= 15 is 0 Å². The van der Waals surface area contributed by atoms with E-state index in [0.29, 0.717) is 5.69 Å². The van der Waals surface area contributed by atoms with E-state index in [1.54, 1.807) is 18.5 Å². The van der Waals surface area contributed by atoms with Crippen LogP contribution in [0.25, 0.3) is 0 Å². The first-order valence-corrected chi connectivity index (χ1v) is 5.62. The van der Waals surface area contributed by atoms with Crippen LogP contribution >= 0.6 is 0 Å². The molecule has 19 heavy (non-hydrogen) atoms. The molecule has 8 nitrogen and oxygen atoms in total. The zero-order valence-corrected chi connectivity index (χ0v) is 9.98. The third kappa shape index (κ3) is 3.66. The van der Waals surface area contributed by atoms with E-state index in [4.69, 9.17) is 5.11 Å². The molecule has 2 heterocycles. The van der Waals surface area contributed by atoms with E-state index in [2.05, 4.69) is 20.4 Å². The number of carbonyl (C=O) groups excluding carboxylic acids is 1. The Bertz CT molecular complexity index is 535. The molecule has 100 valence electrons. The predicted octanol–water partition coefficient (Wildman–Crippen LogP) is -0.582. The Hall–Kier alpha value is -2.64. The average Bonchev–Trinajstić information content (AvgIpc) is 3.00. The van der Waals surface area contributed by atoms with Gasteiger partial charge in [0, 0.05) is 30.7 Å². The Balaban J connectivity index is 1.93. The molecule has 1 atom stereocenters. The Morgan fingerprint density at radius 2 is 2.37 bits per heavy atom. The van der Waals surface area contributed by atoms with Crippen LogP contribution in [0.1, 0.15) is 5.69 Å². The van der Waals surface area contributed by atoms with Crippen LogP contribution < -0.4 is 5.32 Å². The topological polar surface area (TPSA) is 113 Å². The fourth-order valence-electron chi connectivity index (χ4n) is 1.60. The number of aliphatic carboxylic acids is 1. The first-order chi connectivity index (χ1) is 9.15. The van der Waals surface area contributed by atoms with Crippen LogP contribution in [-0.2, 0) is 22.6 Å². The van der Waals surface area contributed by atoms with E-state index in [1.165, 1.54) is 17.2 Å². The second kappa shape index (κ2) is 5.80. The molecule has 0 aliphatic heterocycles. The average molecular weight is 263 g/mol. The summed E-state index contributed by atoms with van der Waals surface area (Å²) in [6.45, 7) is -0.0141. The molecular weight excluding hydrogens is 250 g/mol. The zero-order valence-electron chi connectivity index (χ0n) is 9.98. The number of rotatable bonds is 6. The molecule has 0 radical (unpaired) electrons. The SMILES string of the molecule is O=C(Cn1cccn1)N[C@H](Cc1cnc[nH]1)C(=O)O. The minimum atomic E-state index is -1.09. The highest BCUT2D eigenvalue weighted by Crippen LogP contribution is 1.99. The van der Waals surface area contributed by atoms with Crippen molar-refractivity contribution in [2.45, 2.75) is 19.0 Å². The Labute approximate surface area is 108 Å². The normalized spacial score (nSPS) is 12.0. The number of nitrogens with one attached hydrogen (secondary N) is 2. The maximum Gasteiger partial charge on any atom is 0.326 e. The maximum atomic E-state index is 11.7. The number of hydrogen-bond acceptors (Lipinski definition) is 4. The Morgan fingerprint density at radius 3 is 2.95 bits per heavy atom. The summed E-state index contributed by atoms with van der Waals surface area (Å²) in [5.74, 6) is -1.50. The van der Waals surface area contributed by atoms with Crippen LogP contribution in [0.4, 0.5) is 0 Å². The quantitative estimate of drug-likeness (QED) is 0.645.